The van der Waals surface area contributed by atoms with Crippen LogP contribution in [0.15, 0.2) is 52.0 Å². The Morgan fingerprint density at radius 1 is 1.32 bits per heavy atom. The first-order valence-electron chi connectivity index (χ1n) is 8.10. The highest BCUT2D eigenvalue weighted by atomic mass is 35.5. The molecule has 28 heavy (non-hydrogen) atoms. The fraction of sp³-hybridized carbons (Fsp3) is 0.118. The molecule has 0 saturated carbocycles. The lowest BCUT2D eigenvalue weighted by atomic mass is 10.3. The maximum absolute atomic E-state index is 12.5. The summed E-state index contributed by atoms with van der Waals surface area (Å²) in [5.74, 6) is 0.925. The molecule has 3 aromatic heterocycles. The van der Waals surface area contributed by atoms with Gasteiger partial charge in [-0.1, -0.05) is 16.8 Å². The van der Waals surface area contributed by atoms with E-state index in [1.165, 1.54) is 16.8 Å². The number of hydrogen-bond donors (Lipinski definition) is 1. The maximum Gasteiger partial charge on any atom is 0.351 e. The number of nitrogens with zero attached hydrogens (tertiary/aromatic N) is 5. The van der Waals surface area contributed by atoms with Crippen LogP contribution in [0.2, 0.25) is 5.02 Å². The Balaban J connectivity index is 1.60. The number of aromatic nitrogens is 5. The predicted molar refractivity (Wildman–Crippen MR) is 98.6 cm³/mol. The molecule has 0 spiro atoms. The molecule has 4 aromatic rings. The number of rotatable bonds is 5. The van der Waals surface area contributed by atoms with Crippen LogP contribution in [-0.4, -0.2) is 30.2 Å². The molecule has 0 unspecified atom stereocenters. The van der Waals surface area contributed by atoms with Crippen LogP contribution in [-0.2, 0) is 11.3 Å². The summed E-state index contributed by atoms with van der Waals surface area (Å²) in [6.45, 7) is 1.39. The summed E-state index contributed by atoms with van der Waals surface area (Å²) in [6, 6.07) is 8.22. The molecule has 0 saturated heterocycles. The van der Waals surface area contributed by atoms with Crippen LogP contribution in [0.5, 0.6) is 11.6 Å². The molecule has 4 rings (SSSR count). The normalized spacial score (nSPS) is 10.9. The molecule has 1 amide bonds. The van der Waals surface area contributed by atoms with Crippen molar-refractivity contribution in [3.8, 4) is 11.6 Å². The van der Waals surface area contributed by atoms with Gasteiger partial charge in [-0.3, -0.25) is 4.79 Å². The Labute approximate surface area is 162 Å². The lowest BCUT2D eigenvalue weighted by Crippen LogP contribution is -2.28. The van der Waals surface area contributed by atoms with Gasteiger partial charge in [0.2, 0.25) is 11.6 Å². The third-order valence-electron chi connectivity index (χ3n) is 3.69. The fourth-order valence-electron chi connectivity index (χ4n) is 2.46. The fourth-order valence-corrected chi connectivity index (χ4v) is 2.58. The molecule has 0 aliphatic rings. The van der Waals surface area contributed by atoms with E-state index in [0.717, 1.165) is 4.68 Å². The predicted octanol–water partition coefficient (Wildman–Crippen LogP) is 2.27. The summed E-state index contributed by atoms with van der Waals surface area (Å²) in [6.07, 6.45) is 2.85. The lowest BCUT2D eigenvalue weighted by molar-refractivity contribution is -0.117. The first-order valence-corrected chi connectivity index (χ1v) is 8.48. The summed E-state index contributed by atoms with van der Waals surface area (Å²) in [7, 11) is 0. The number of anilines is 1. The average Bonchev–Trinajstić information content (AvgIpc) is 3.21. The number of nitrogens with one attached hydrogen (secondary N) is 1. The van der Waals surface area contributed by atoms with E-state index >= 15 is 0 Å². The van der Waals surface area contributed by atoms with Gasteiger partial charge in [0.15, 0.2) is 5.82 Å². The van der Waals surface area contributed by atoms with Crippen LogP contribution in [0.1, 0.15) is 5.76 Å². The quantitative estimate of drug-likeness (QED) is 0.546. The van der Waals surface area contributed by atoms with Gasteiger partial charge in [0.25, 0.3) is 5.88 Å². The second-order valence-electron chi connectivity index (χ2n) is 5.79. The molecule has 3 heterocycles. The molecule has 142 valence electrons. The van der Waals surface area contributed by atoms with Crippen LogP contribution >= 0.6 is 11.6 Å². The van der Waals surface area contributed by atoms with Crippen LogP contribution in [0.25, 0.3) is 5.65 Å². The van der Waals surface area contributed by atoms with Crippen molar-refractivity contribution in [1.29, 1.82) is 0 Å². The molecule has 0 radical (unpaired) electrons. The van der Waals surface area contributed by atoms with Crippen molar-refractivity contribution in [2.75, 3.05) is 5.32 Å². The van der Waals surface area contributed by atoms with Crippen molar-refractivity contribution in [2.24, 2.45) is 0 Å². The summed E-state index contributed by atoms with van der Waals surface area (Å²) in [5, 5.41) is 10.9. The van der Waals surface area contributed by atoms with E-state index in [4.69, 9.17) is 20.9 Å². The average molecular weight is 401 g/mol. The molecule has 11 heteroatoms. The van der Waals surface area contributed by atoms with E-state index in [1.54, 1.807) is 37.3 Å². The lowest BCUT2D eigenvalue weighted by Gasteiger charge is -2.04. The van der Waals surface area contributed by atoms with Gasteiger partial charge < -0.3 is 14.6 Å². The molecule has 1 N–H and O–H groups in total. The minimum atomic E-state index is -0.509. The minimum absolute atomic E-state index is 0.119. The number of halogens is 1. The Morgan fingerprint density at radius 2 is 2.11 bits per heavy atom. The molecule has 0 atom stereocenters. The smallest absolute Gasteiger partial charge is 0.351 e. The number of aryl methyl sites for hydroxylation is 1. The van der Waals surface area contributed by atoms with Gasteiger partial charge in [-0.05, 0) is 31.2 Å². The van der Waals surface area contributed by atoms with Gasteiger partial charge in [-0.25, -0.2) is 18.9 Å². The SMILES string of the molecule is Cc1cc(NC(=O)Cn2nc3c(Oc4ccc(Cl)cc4)nccn3c2=O)no1. The van der Waals surface area contributed by atoms with E-state index in [9.17, 15) is 9.59 Å². The molecule has 1 aromatic carbocycles. The molecule has 0 aliphatic carbocycles. The van der Waals surface area contributed by atoms with E-state index in [1.807, 2.05) is 0 Å². The molecule has 0 fully saturated rings. The maximum atomic E-state index is 12.5. The standard InChI is InChI=1S/C17H13ClN6O4/c1-10-8-13(22-28-10)20-14(25)9-24-17(26)23-7-6-19-16(15(23)21-24)27-12-4-2-11(18)3-5-12/h2-8H,9H2,1H3,(H,20,22,25). The Morgan fingerprint density at radius 3 is 2.82 bits per heavy atom. The van der Waals surface area contributed by atoms with E-state index in [2.05, 4.69) is 20.6 Å². The topological polar surface area (TPSA) is 117 Å². The van der Waals surface area contributed by atoms with Crippen molar-refractivity contribution in [2.45, 2.75) is 13.5 Å². The molecule has 10 nitrogen and oxygen atoms in total. The number of benzene rings is 1. The van der Waals surface area contributed by atoms with Crippen LogP contribution in [0, 0.1) is 6.92 Å². The van der Waals surface area contributed by atoms with Gasteiger partial charge in [0.05, 0.1) is 0 Å². The summed E-state index contributed by atoms with van der Waals surface area (Å²) in [5.41, 5.74) is -0.336. The van der Waals surface area contributed by atoms with Crippen molar-refractivity contribution in [3.63, 3.8) is 0 Å². The van der Waals surface area contributed by atoms with Crippen LogP contribution in [0.4, 0.5) is 5.82 Å². The second-order valence-corrected chi connectivity index (χ2v) is 6.23. The van der Waals surface area contributed by atoms with E-state index < -0.39 is 11.6 Å². The van der Waals surface area contributed by atoms with Crippen molar-refractivity contribution >= 4 is 29.0 Å². The van der Waals surface area contributed by atoms with Gasteiger partial charge in [0, 0.05) is 23.5 Å². The molecular weight excluding hydrogens is 388 g/mol. The molecule has 0 bridgehead atoms. The molecular formula is C17H13ClN6O4. The highest BCUT2D eigenvalue weighted by molar-refractivity contribution is 6.30. The Kier molecular flexibility index (Phi) is 4.53. The number of hydrogen-bond acceptors (Lipinski definition) is 7. The van der Waals surface area contributed by atoms with E-state index in [0.29, 0.717) is 16.5 Å². The first kappa shape index (κ1) is 17.7. The zero-order chi connectivity index (χ0) is 19.7. The Hall–Kier alpha value is -3.66. The zero-order valence-corrected chi connectivity index (χ0v) is 15.3. The van der Waals surface area contributed by atoms with Crippen molar-refractivity contribution < 1.29 is 14.1 Å². The zero-order valence-electron chi connectivity index (χ0n) is 14.5. The van der Waals surface area contributed by atoms with Crippen LogP contribution in [0.3, 0.4) is 0 Å². The third kappa shape index (κ3) is 3.58. The third-order valence-corrected chi connectivity index (χ3v) is 3.94. The number of carbonyl (C=O) groups is 1. The minimum Gasteiger partial charge on any atom is -0.436 e. The van der Waals surface area contributed by atoms with Gasteiger partial charge >= 0.3 is 5.69 Å². The van der Waals surface area contributed by atoms with E-state index in [-0.39, 0.29) is 23.9 Å². The summed E-state index contributed by atoms with van der Waals surface area (Å²) in [4.78, 5) is 28.8. The number of amides is 1. The highest BCUT2D eigenvalue weighted by Crippen LogP contribution is 2.23. The highest BCUT2D eigenvalue weighted by Gasteiger charge is 2.16. The molecule has 0 aliphatic heterocycles. The monoisotopic (exact) mass is 400 g/mol. The van der Waals surface area contributed by atoms with Gasteiger partial charge in [0.1, 0.15) is 18.1 Å². The van der Waals surface area contributed by atoms with Crippen molar-refractivity contribution in [3.05, 3.63) is 64.0 Å². The van der Waals surface area contributed by atoms with Gasteiger partial charge in [-0.15, -0.1) is 5.10 Å². The number of fused-ring (bicyclic) bond motifs is 1. The van der Waals surface area contributed by atoms with Gasteiger partial charge in [-0.2, -0.15) is 0 Å². The largest absolute Gasteiger partial charge is 0.436 e. The summed E-state index contributed by atoms with van der Waals surface area (Å²) >= 11 is 5.86. The Bertz CT molecular complexity index is 1210. The second kappa shape index (κ2) is 7.16. The number of carbonyl (C=O) groups excluding carboxylic acids is 1. The summed E-state index contributed by atoms with van der Waals surface area (Å²) < 4.78 is 12.8. The van der Waals surface area contributed by atoms with Crippen LogP contribution < -0.4 is 15.7 Å². The van der Waals surface area contributed by atoms with Crippen molar-refractivity contribution in [1.82, 2.24) is 24.3 Å². The number of ether oxygens (including phenoxy) is 1. The first-order chi connectivity index (χ1) is 13.5.